The van der Waals surface area contributed by atoms with E-state index in [4.69, 9.17) is 20.8 Å². The minimum Gasteiger partial charge on any atom is -0.491 e. The molecule has 1 unspecified atom stereocenters. The number of hydrogen-bond acceptors (Lipinski definition) is 5. The maximum absolute atomic E-state index is 12.6. The van der Waals surface area contributed by atoms with E-state index in [0.717, 1.165) is 5.39 Å². The Hall–Kier alpha value is -2.83. The lowest BCUT2D eigenvalue weighted by atomic mass is 10.2. The number of hydrogen-bond donors (Lipinski definition) is 1. The minimum absolute atomic E-state index is 0.0340. The first-order chi connectivity index (χ1) is 12.6. The Morgan fingerprint density at radius 3 is 2.77 bits per heavy atom. The van der Waals surface area contributed by atoms with E-state index in [1.807, 2.05) is 18.2 Å². The molecule has 1 atom stereocenters. The maximum Gasteiger partial charge on any atom is 0.297 e. The molecule has 2 aromatic carbocycles. The van der Waals surface area contributed by atoms with Crippen LogP contribution in [0.25, 0.3) is 22.1 Å². The lowest BCUT2D eigenvalue weighted by Gasteiger charge is -2.13. The Kier molecular flexibility index (Phi) is 4.36. The second-order valence-corrected chi connectivity index (χ2v) is 6.33. The molecular weight excluding hydrogens is 356 g/mol. The number of benzene rings is 2. The summed E-state index contributed by atoms with van der Waals surface area (Å²) < 4.78 is 12.4. The number of rotatable bonds is 5. The van der Waals surface area contributed by atoms with Gasteiger partial charge in [0.15, 0.2) is 0 Å². The van der Waals surface area contributed by atoms with Gasteiger partial charge in [0.25, 0.3) is 5.56 Å². The quantitative estimate of drug-likeness (QED) is 0.583. The number of nitrogens with zero attached hydrogens (tertiary/aromatic N) is 2. The van der Waals surface area contributed by atoms with E-state index in [-0.39, 0.29) is 24.3 Å². The van der Waals surface area contributed by atoms with Crippen molar-refractivity contribution in [2.75, 3.05) is 6.61 Å². The molecule has 4 aromatic rings. The molecule has 0 bridgehead atoms. The SMILES string of the molecule is O=c1c2oc3ccccc3c2ncn1CC(O)COc1ccc(Cl)cc1. The number of furan rings is 1. The summed E-state index contributed by atoms with van der Waals surface area (Å²) in [5.74, 6) is 0.589. The highest BCUT2D eigenvalue weighted by molar-refractivity contribution is 6.30. The number of aliphatic hydroxyl groups is 1. The second-order valence-electron chi connectivity index (χ2n) is 5.90. The summed E-state index contributed by atoms with van der Waals surface area (Å²) in [6, 6.07) is 14.2. The van der Waals surface area contributed by atoms with Gasteiger partial charge in [0.05, 0.1) is 12.9 Å². The lowest BCUT2D eigenvalue weighted by Crippen LogP contribution is -2.30. The number of para-hydroxylation sites is 1. The van der Waals surface area contributed by atoms with Gasteiger partial charge in [0.1, 0.15) is 29.6 Å². The van der Waals surface area contributed by atoms with Gasteiger partial charge in [-0.3, -0.25) is 9.36 Å². The first-order valence-electron chi connectivity index (χ1n) is 8.05. The van der Waals surface area contributed by atoms with Crippen LogP contribution in [-0.4, -0.2) is 27.4 Å². The molecule has 7 heteroatoms. The molecule has 0 aliphatic carbocycles. The average molecular weight is 371 g/mol. The van der Waals surface area contributed by atoms with Gasteiger partial charge >= 0.3 is 0 Å². The predicted molar refractivity (Wildman–Crippen MR) is 98.7 cm³/mol. The van der Waals surface area contributed by atoms with Crippen LogP contribution in [0.3, 0.4) is 0 Å². The first kappa shape index (κ1) is 16.6. The smallest absolute Gasteiger partial charge is 0.297 e. The number of aromatic nitrogens is 2. The van der Waals surface area contributed by atoms with Crippen LogP contribution in [0, 0.1) is 0 Å². The van der Waals surface area contributed by atoms with E-state index in [9.17, 15) is 9.90 Å². The van der Waals surface area contributed by atoms with Gasteiger partial charge < -0.3 is 14.3 Å². The molecule has 0 fully saturated rings. The molecule has 0 saturated carbocycles. The van der Waals surface area contributed by atoms with Gasteiger partial charge in [0.2, 0.25) is 5.58 Å². The highest BCUT2D eigenvalue weighted by Crippen LogP contribution is 2.24. The normalized spacial score (nSPS) is 12.5. The van der Waals surface area contributed by atoms with E-state index in [0.29, 0.717) is 21.9 Å². The van der Waals surface area contributed by atoms with Crippen LogP contribution in [-0.2, 0) is 6.54 Å². The molecule has 132 valence electrons. The molecule has 0 aliphatic rings. The number of halogens is 1. The summed E-state index contributed by atoms with van der Waals surface area (Å²) in [6.45, 7) is 0.0820. The Morgan fingerprint density at radius 2 is 1.96 bits per heavy atom. The Labute approximate surface area is 153 Å². The summed E-state index contributed by atoms with van der Waals surface area (Å²) in [6.07, 6.45) is 0.532. The van der Waals surface area contributed by atoms with Crippen molar-refractivity contribution >= 4 is 33.7 Å². The van der Waals surface area contributed by atoms with Crippen molar-refractivity contribution in [1.29, 1.82) is 0 Å². The van der Waals surface area contributed by atoms with Crippen LogP contribution in [0.15, 0.2) is 64.1 Å². The largest absolute Gasteiger partial charge is 0.491 e. The van der Waals surface area contributed by atoms with Crippen LogP contribution >= 0.6 is 11.6 Å². The maximum atomic E-state index is 12.6. The van der Waals surface area contributed by atoms with Gasteiger partial charge in [-0.05, 0) is 36.4 Å². The third-order valence-corrected chi connectivity index (χ3v) is 4.27. The standard InChI is InChI=1S/C19H15ClN2O4/c20-12-5-7-14(8-6-12)25-10-13(23)9-22-11-21-17-15-3-1-2-4-16(15)26-18(17)19(22)24/h1-8,11,13,23H,9-10H2. The molecule has 0 saturated heterocycles. The number of ether oxygens (including phenoxy) is 1. The minimum atomic E-state index is -0.882. The van der Waals surface area contributed by atoms with Crippen molar-refractivity contribution in [3.63, 3.8) is 0 Å². The molecule has 1 N–H and O–H groups in total. The monoisotopic (exact) mass is 370 g/mol. The third-order valence-electron chi connectivity index (χ3n) is 4.01. The zero-order chi connectivity index (χ0) is 18.1. The van der Waals surface area contributed by atoms with Gasteiger partial charge in [0, 0.05) is 10.4 Å². The molecule has 0 spiro atoms. The molecule has 6 nitrogen and oxygen atoms in total. The molecule has 0 amide bonds. The fraction of sp³-hybridized carbons (Fsp3) is 0.158. The molecule has 0 aliphatic heterocycles. The van der Waals surface area contributed by atoms with Crippen molar-refractivity contribution in [3.8, 4) is 5.75 Å². The van der Waals surface area contributed by atoms with Crippen LogP contribution in [0.1, 0.15) is 0 Å². The molecular formula is C19H15ClN2O4. The van der Waals surface area contributed by atoms with Gasteiger partial charge in [-0.15, -0.1) is 0 Å². The summed E-state index contributed by atoms with van der Waals surface area (Å²) in [5, 5.41) is 11.6. The van der Waals surface area contributed by atoms with Crippen molar-refractivity contribution in [3.05, 3.63) is 70.2 Å². The highest BCUT2D eigenvalue weighted by atomic mass is 35.5. The van der Waals surface area contributed by atoms with Crippen molar-refractivity contribution < 1.29 is 14.3 Å². The van der Waals surface area contributed by atoms with E-state index in [2.05, 4.69) is 4.98 Å². The van der Waals surface area contributed by atoms with Crippen LogP contribution in [0.4, 0.5) is 0 Å². The first-order valence-corrected chi connectivity index (χ1v) is 8.43. The van der Waals surface area contributed by atoms with Crippen molar-refractivity contribution in [2.24, 2.45) is 0 Å². The number of aliphatic hydroxyl groups excluding tert-OH is 1. The van der Waals surface area contributed by atoms with E-state index < -0.39 is 6.10 Å². The molecule has 2 aromatic heterocycles. The van der Waals surface area contributed by atoms with Crippen molar-refractivity contribution in [2.45, 2.75) is 12.6 Å². The molecule has 2 heterocycles. The molecule has 26 heavy (non-hydrogen) atoms. The third kappa shape index (κ3) is 3.16. The zero-order valence-corrected chi connectivity index (χ0v) is 14.4. The summed E-state index contributed by atoms with van der Waals surface area (Å²) in [5.41, 5.74) is 0.974. The highest BCUT2D eigenvalue weighted by Gasteiger charge is 2.15. The number of fused-ring (bicyclic) bond motifs is 3. The summed E-state index contributed by atoms with van der Waals surface area (Å²) >= 11 is 5.82. The van der Waals surface area contributed by atoms with Gasteiger partial charge in [-0.25, -0.2) is 4.98 Å². The summed E-state index contributed by atoms with van der Waals surface area (Å²) in [4.78, 5) is 16.9. The zero-order valence-electron chi connectivity index (χ0n) is 13.6. The topological polar surface area (TPSA) is 77.5 Å². The van der Waals surface area contributed by atoms with E-state index in [1.165, 1.54) is 10.9 Å². The van der Waals surface area contributed by atoms with E-state index in [1.54, 1.807) is 30.3 Å². The van der Waals surface area contributed by atoms with E-state index >= 15 is 0 Å². The molecule has 0 radical (unpaired) electrons. The average Bonchev–Trinajstić information content (AvgIpc) is 3.03. The predicted octanol–water partition coefficient (Wildman–Crippen LogP) is 3.24. The Morgan fingerprint density at radius 1 is 1.19 bits per heavy atom. The molecule has 4 rings (SSSR count). The fourth-order valence-electron chi connectivity index (χ4n) is 2.75. The van der Waals surface area contributed by atoms with Crippen molar-refractivity contribution in [1.82, 2.24) is 9.55 Å². The van der Waals surface area contributed by atoms with Gasteiger partial charge in [-0.1, -0.05) is 23.7 Å². The fourth-order valence-corrected chi connectivity index (χ4v) is 2.87. The van der Waals surface area contributed by atoms with Crippen LogP contribution in [0.2, 0.25) is 5.02 Å². The Bertz CT molecular complexity index is 1120. The summed E-state index contributed by atoms with van der Waals surface area (Å²) in [7, 11) is 0. The second kappa shape index (κ2) is 6.82. The van der Waals surface area contributed by atoms with Gasteiger partial charge in [-0.2, -0.15) is 0 Å². The van der Waals surface area contributed by atoms with Crippen LogP contribution in [0.5, 0.6) is 5.75 Å². The van der Waals surface area contributed by atoms with Crippen LogP contribution < -0.4 is 10.3 Å². The Balaban J connectivity index is 1.53. The lowest BCUT2D eigenvalue weighted by molar-refractivity contribution is 0.0914.